The molecule has 4 fully saturated rings. The van der Waals surface area contributed by atoms with Crippen LogP contribution in [-0.4, -0.2) is 21.4 Å². The van der Waals surface area contributed by atoms with Gasteiger partial charge < -0.3 is 5.32 Å². The van der Waals surface area contributed by atoms with Gasteiger partial charge in [-0.25, -0.2) is 9.97 Å². The quantitative estimate of drug-likeness (QED) is 0.924. The highest BCUT2D eigenvalue weighted by molar-refractivity contribution is 5.77. The molecule has 4 aliphatic carbocycles. The largest absolute Gasteiger partial charge is 0.351 e. The molecule has 1 heterocycles. The lowest BCUT2D eigenvalue weighted by Crippen LogP contribution is -2.59. The Labute approximate surface area is 125 Å². The van der Waals surface area contributed by atoms with Gasteiger partial charge in [-0.1, -0.05) is 0 Å². The van der Waals surface area contributed by atoms with Crippen molar-refractivity contribution in [3.63, 3.8) is 0 Å². The lowest BCUT2D eigenvalue weighted by molar-refractivity contribution is -0.126. The van der Waals surface area contributed by atoms with Crippen LogP contribution in [-0.2, 0) is 11.2 Å². The molecule has 5 rings (SSSR count). The van der Waals surface area contributed by atoms with E-state index in [9.17, 15) is 4.79 Å². The van der Waals surface area contributed by atoms with Crippen LogP contribution in [0, 0.1) is 17.8 Å². The standard InChI is InChI=1S/C17H23N3O/c21-16(2-1-12-9-18-11-19-10-12)20-17-6-13-3-14(7-17)5-15(4-13)8-17/h9-11,13-15H,1-8H2,(H,20,21). The summed E-state index contributed by atoms with van der Waals surface area (Å²) in [4.78, 5) is 20.3. The van der Waals surface area contributed by atoms with Crippen LogP contribution in [0.15, 0.2) is 18.7 Å². The maximum Gasteiger partial charge on any atom is 0.220 e. The lowest BCUT2D eigenvalue weighted by Gasteiger charge is -2.56. The van der Waals surface area contributed by atoms with Gasteiger partial charge in [0.25, 0.3) is 0 Å². The molecule has 0 spiro atoms. The second kappa shape index (κ2) is 5.08. The van der Waals surface area contributed by atoms with Crippen molar-refractivity contribution in [3.05, 3.63) is 24.3 Å². The van der Waals surface area contributed by atoms with E-state index in [-0.39, 0.29) is 11.4 Å². The number of amides is 1. The number of carbonyl (C=O) groups excluding carboxylic acids is 1. The molecule has 1 N–H and O–H groups in total. The fourth-order valence-corrected chi connectivity index (χ4v) is 5.34. The van der Waals surface area contributed by atoms with Crippen LogP contribution < -0.4 is 5.32 Å². The Morgan fingerprint density at radius 3 is 2.24 bits per heavy atom. The van der Waals surface area contributed by atoms with Crippen molar-refractivity contribution in [2.75, 3.05) is 0 Å². The number of hydrogen-bond donors (Lipinski definition) is 1. The lowest BCUT2D eigenvalue weighted by atomic mass is 9.53. The van der Waals surface area contributed by atoms with Crippen molar-refractivity contribution >= 4 is 5.91 Å². The van der Waals surface area contributed by atoms with E-state index in [1.807, 2.05) is 0 Å². The highest BCUT2D eigenvalue weighted by Crippen LogP contribution is 2.55. The maximum atomic E-state index is 12.3. The second-order valence-corrected chi connectivity index (χ2v) is 7.49. The molecule has 4 heteroatoms. The second-order valence-electron chi connectivity index (χ2n) is 7.49. The van der Waals surface area contributed by atoms with E-state index in [2.05, 4.69) is 15.3 Å². The van der Waals surface area contributed by atoms with Gasteiger partial charge in [0.1, 0.15) is 6.33 Å². The molecule has 0 aromatic carbocycles. The normalized spacial score (nSPS) is 36.7. The predicted molar refractivity (Wildman–Crippen MR) is 79.4 cm³/mol. The minimum atomic E-state index is 0.138. The van der Waals surface area contributed by atoms with Crippen LogP contribution in [0.25, 0.3) is 0 Å². The van der Waals surface area contributed by atoms with Gasteiger partial charge in [-0.15, -0.1) is 0 Å². The monoisotopic (exact) mass is 285 g/mol. The molecule has 21 heavy (non-hydrogen) atoms. The van der Waals surface area contributed by atoms with Crippen molar-refractivity contribution in [2.24, 2.45) is 17.8 Å². The Morgan fingerprint density at radius 1 is 1.10 bits per heavy atom. The highest BCUT2D eigenvalue weighted by Gasteiger charge is 2.51. The average molecular weight is 285 g/mol. The summed E-state index contributed by atoms with van der Waals surface area (Å²) in [6.45, 7) is 0. The Hall–Kier alpha value is -1.45. The number of aromatic nitrogens is 2. The molecule has 112 valence electrons. The van der Waals surface area contributed by atoms with Crippen molar-refractivity contribution in [2.45, 2.75) is 56.9 Å². The molecule has 0 saturated heterocycles. The Balaban J connectivity index is 1.36. The highest BCUT2D eigenvalue weighted by atomic mass is 16.1. The Kier molecular flexibility index (Phi) is 3.20. The van der Waals surface area contributed by atoms with Crippen LogP contribution in [0.4, 0.5) is 0 Å². The first kappa shape index (κ1) is 13.2. The molecular weight excluding hydrogens is 262 g/mol. The fraction of sp³-hybridized carbons (Fsp3) is 0.706. The molecule has 1 amide bonds. The van der Waals surface area contributed by atoms with Gasteiger partial charge in [-0.05, 0) is 68.3 Å². The SMILES string of the molecule is O=C(CCc1cncnc1)NC12CC3CC(CC(C3)C1)C2. The Morgan fingerprint density at radius 2 is 1.67 bits per heavy atom. The molecule has 4 nitrogen and oxygen atoms in total. The predicted octanol–water partition coefficient (Wildman–Crippen LogP) is 2.49. The minimum absolute atomic E-state index is 0.138. The van der Waals surface area contributed by atoms with Crippen LogP contribution >= 0.6 is 0 Å². The third-order valence-corrected chi connectivity index (χ3v) is 5.70. The van der Waals surface area contributed by atoms with E-state index in [0.29, 0.717) is 6.42 Å². The zero-order valence-electron chi connectivity index (χ0n) is 12.4. The first-order valence-electron chi connectivity index (χ1n) is 8.26. The third-order valence-electron chi connectivity index (χ3n) is 5.70. The van der Waals surface area contributed by atoms with Gasteiger partial charge >= 0.3 is 0 Å². The molecule has 1 aromatic rings. The average Bonchev–Trinajstić information content (AvgIpc) is 2.44. The molecule has 1 aromatic heterocycles. The summed E-state index contributed by atoms with van der Waals surface area (Å²) in [5.74, 6) is 2.83. The smallest absolute Gasteiger partial charge is 0.220 e. The van der Waals surface area contributed by atoms with Crippen LogP contribution in [0.2, 0.25) is 0 Å². The van der Waals surface area contributed by atoms with Crippen molar-refractivity contribution in [1.29, 1.82) is 0 Å². The van der Waals surface area contributed by atoms with E-state index in [1.54, 1.807) is 12.4 Å². The van der Waals surface area contributed by atoms with E-state index in [0.717, 1.165) is 29.7 Å². The molecule has 4 saturated carbocycles. The summed E-state index contributed by atoms with van der Waals surface area (Å²) in [6.07, 6.45) is 14.3. The van der Waals surface area contributed by atoms with Gasteiger partial charge in [0.2, 0.25) is 5.91 Å². The van der Waals surface area contributed by atoms with E-state index >= 15 is 0 Å². The van der Waals surface area contributed by atoms with Crippen LogP contribution in [0.3, 0.4) is 0 Å². The van der Waals surface area contributed by atoms with Gasteiger partial charge in [-0.3, -0.25) is 4.79 Å². The van der Waals surface area contributed by atoms with Gasteiger partial charge in [0.15, 0.2) is 0 Å². The van der Waals surface area contributed by atoms with Crippen LogP contribution in [0.1, 0.15) is 50.5 Å². The summed E-state index contributed by atoms with van der Waals surface area (Å²) in [6, 6.07) is 0. The van der Waals surface area contributed by atoms with Gasteiger partial charge in [-0.2, -0.15) is 0 Å². The zero-order chi connectivity index (χ0) is 14.3. The first-order valence-corrected chi connectivity index (χ1v) is 8.26. The van der Waals surface area contributed by atoms with E-state index < -0.39 is 0 Å². The van der Waals surface area contributed by atoms with Crippen molar-refractivity contribution < 1.29 is 4.79 Å². The topological polar surface area (TPSA) is 54.9 Å². The number of rotatable bonds is 4. The van der Waals surface area contributed by atoms with Crippen molar-refractivity contribution in [3.8, 4) is 0 Å². The number of carbonyl (C=O) groups is 1. The third kappa shape index (κ3) is 2.68. The Bertz CT molecular complexity index is 493. The summed E-state index contributed by atoms with van der Waals surface area (Å²) >= 11 is 0. The van der Waals surface area contributed by atoms with Gasteiger partial charge in [0.05, 0.1) is 0 Å². The summed E-state index contributed by atoms with van der Waals surface area (Å²) in [7, 11) is 0. The molecule has 0 atom stereocenters. The summed E-state index contributed by atoms with van der Waals surface area (Å²) < 4.78 is 0. The number of aryl methyl sites for hydroxylation is 1. The molecule has 0 aliphatic heterocycles. The number of hydrogen-bond acceptors (Lipinski definition) is 3. The zero-order valence-corrected chi connectivity index (χ0v) is 12.4. The molecule has 0 radical (unpaired) electrons. The van der Waals surface area contributed by atoms with E-state index in [1.165, 1.54) is 44.9 Å². The molecule has 0 unspecified atom stereocenters. The summed E-state index contributed by atoms with van der Waals surface area (Å²) in [5.41, 5.74) is 1.18. The molecule has 4 bridgehead atoms. The molecular formula is C17H23N3O. The van der Waals surface area contributed by atoms with E-state index in [4.69, 9.17) is 0 Å². The fourth-order valence-electron chi connectivity index (χ4n) is 5.34. The summed E-state index contributed by atoms with van der Waals surface area (Å²) in [5, 5.41) is 3.42. The first-order chi connectivity index (χ1) is 10.2. The van der Waals surface area contributed by atoms with Crippen molar-refractivity contribution in [1.82, 2.24) is 15.3 Å². The molecule has 4 aliphatic rings. The maximum absolute atomic E-state index is 12.3. The number of nitrogens with one attached hydrogen (secondary N) is 1. The van der Waals surface area contributed by atoms with Crippen LogP contribution in [0.5, 0.6) is 0 Å². The van der Waals surface area contributed by atoms with Gasteiger partial charge in [0, 0.05) is 24.4 Å². The minimum Gasteiger partial charge on any atom is -0.351 e. The number of nitrogens with zero attached hydrogens (tertiary/aromatic N) is 2.